The van der Waals surface area contributed by atoms with Crippen molar-refractivity contribution in [2.75, 3.05) is 32.7 Å². The van der Waals surface area contributed by atoms with E-state index in [1.165, 1.54) is 0 Å². The number of hydrogen-bond acceptors (Lipinski definition) is 17. The molecule has 0 saturated heterocycles. The molecule has 0 aromatic heterocycles. The van der Waals surface area contributed by atoms with E-state index in [4.69, 9.17) is 33.8 Å². The maximum atomic E-state index is 13.8. The molecular formula is C45H79N17O17. The highest BCUT2D eigenvalue weighted by atomic mass is 16.4. The van der Waals surface area contributed by atoms with E-state index in [-0.39, 0.29) is 69.5 Å². The van der Waals surface area contributed by atoms with Gasteiger partial charge < -0.3 is 102 Å². The molecule has 24 N–H and O–H groups in total. The molecule has 0 aliphatic rings. The Morgan fingerprint density at radius 2 is 0.823 bits per heavy atom. The summed E-state index contributed by atoms with van der Waals surface area (Å²) in [6, 6.07) is -12.8. The summed E-state index contributed by atoms with van der Waals surface area (Å²) in [5.41, 5.74) is 27.2. The van der Waals surface area contributed by atoms with Crippen LogP contribution in [0.4, 0.5) is 0 Å². The maximum Gasteiger partial charge on any atom is 0.322 e. The van der Waals surface area contributed by atoms with Gasteiger partial charge in [-0.15, -0.1) is 0 Å². The lowest BCUT2D eigenvalue weighted by molar-refractivity contribution is -0.142. The van der Waals surface area contributed by atoms with Crippen molar-refractivity contribution in [2.45, 2.75) is 147 Å². The topological polar surface area (TPSA) is 578 Å². The third-order valence-electron chi connectivity index (χ3n) is 10.7. The number of carbonyl (C=O) groups is 13. The molecule has 34 heteroatoms. The van der Waals surface area contributed by atoms with Crippen molar-refractivity contribution in [3.63, 3.8) is 0 Å². The van der Waals surface area contributed by atoms with Gasteiger partial charge in [-0.3, -0.25) is 72.3 Å². The van der Waals surface area contributed by atoms with Gasteiger partial charge in [0.2, 0.25) is 59.1 Å². The zero-order chi connectivity index (χ0) is 60.7. The largest absolute Gasteiger partial charge is 0.481 e. The van der Waals surface area contributed by atoms with Crippen LogP contribution >= 0.6 is 0 Å². The number of nitrogens with two attached hydrogens (primary N) is 5. The van der Waals surface area contributed by atoms with Crippen molar-refractivity contribution in [1.29, 1.82) is 0 Å². The van der Waals surface area contributed by atoms with Crippen molar-refractivity contribution in [2.24, 2.45) is 50.5 Å². The number of carboxylic acid groups (broad SMARTS) is 3. The number of amides is 10. The van der Waals surface area contributed by atoms with Gasteiger partial charge in [-0.1, -0.05) is 27.7 Å². The molecule has 79 heavy (non-hydrogen) atoms. The summed E-state index contributed by atoms with van der Waals surface area (Å²) in [5, 5.41) is 61.1. The number of guanidine groups is 2. The number of aliphatic carboxylic acids is 3. The highest BCUT2D eigenvalue weighted by Gasteiger charge is 2.36. The fourth-order valence-corrected chi connectivity index (χ4v) is 6.79. The zero-order valence-corrected chi connectivity index (χ0v) is 44.9. The number of aliphatic hydroxyl groups is 1. The summed E-state index contributed by atoms with van der Waals surface area (Å²) in [7, 11) is 0. The molecule has 0 bridgehead atoms. The van der Waals surface area contributed by atoms with E-state index in [0.717, 1.165) is 13.8 Å². The monoisotopic (exact) mass is 1130 g/mol. The van der Waals surface area contributed by atoms with Crippen molar-refractivity contribution in [3.8, 4) is 0 Å². The first-order chi connectivity index (χ1) is 36.7. The lowest BCUT2D eigenvalue weighted by atomic mass is 10.0. The smallest absolute Gasteiger partial charge is 0.322 e. The Hall–Kier alpha value is -8.43. The van der Waals surface area contributed by atoms with Gasteiger partial charge in [0.05, 0.1) is 38.1 Å². The molecule has 0 aliphatic carbocycles. The Kier molecular flexibility index (Phi) is 32.7. The zero-order valence-electron chi connectivity index (χ0n) is 44.9. The molecular weight excluding hydrogens is 1050 g/mol. The summed E-state index contributed by atoms with van der Waals surface area (Å²) in [4.78, 5) is 174. The Morgan fingerprint density at radius 3 is 1.27 bits per heavy atom. The van der Waals surface area contributed by atoms with Gasteiger partial charge in [0, 0.05) is 13.1 Å². The van der Waals surface area contributed by atoms with Crippen LogP contribution < -0.4 is 81.8 Å². The van der Waals surface area contributed by atoms with Crippen LogP contribution in [0.15, 0.2) is 9.98 Å². The van der Waals surface area contributed by atoms with E-state index >= 15 is 0 Å². The van der Waals surface area contributed by atoms with E-state index in [9.17, 15) is 77.6 Å². The predicted molar refractivity (Wildman–Crippen MR) is 279 cm³/mol. The maximum absolute atomic E-state index is 13.8. The highest BCUT2D eigenvalue weighted by Crippen LogP contribution is 2.11. The molecule has 0 aromatic rings. The average Bonchev–Trinajstić information content (AvgIpc) is 3.33. The molecule has 0 heterocycles. The Morgan fingerprint density at radius 1 is 0.430 bits per heavy atom. The van der Waals surface area contributed by atoms with Crippen LogP contribution in [-0.4, -0.2) is 196 Å². The second-order valence-corrected chi connectivity index (χ2v) is 18.9. The van der Waals surface area contributed by atoms with Gasteiger partial charge in [-0.25, -0.2) is 0 Å². The van der Waals surface area contributed by atoms with E-state index < -0.39 is 170 Å². The fourth-order valence-electron chi connectivity index (χ4n) is 6.79. The number of carboxylic acids is 3. The number of aliphatic hydroxyl groups excluding tert-OH is 1. The molecule has 0 saturated carbocycles. The van der Waals surface area contributed by atoms with Gasteiger partial charge >= 0.3 is 17.9 Å². The van der Waals surface area contributed by atoms with E-state index in [1.54, 1.807) is 27.7 Å². The van der Waals surface area contributed by atoms with E-state index in [0.29, 0.717) is 0 Å². The van der Waals surface area contributed by atoms with Crippen LogP contribution in [0.3, 0.4) is 0 Å². The van der Waals surface area contributed by atoms with Gasteiger partial charge in [-0.05, 0) is 64.2 Å². The third kappa shape index (κ3) is 31.4. The van der Waals surface area contributed by atoms with Crippen molar-refractivity contribution >= 4 is 88.9 Å². The minimum absolute atomic E-state index is 0.0126. The van der Waals surface area contributed by atoms with Gasteiger partial charge in [0.15, 0.2) is 11.9 Å². The first-order valence-electron chi connectivity index (χ1n) is 24.9. The first kappa shape index (κ1) is 70.6. The first-order valence-corrected chi connectivity index (χ1v) is 24.9. The third-order valence-corrected chi connectivity index (χ3v) is 10.7. The minimum Gasteiger partial charge on any atom is -0.481 e. The number of nitrogens with zero attached hydrogens (tertiary/aromatic N) is 2. The Balaban J connectivity index is 6.31. The average molecular weight is 1130 g/mol. The predicted octanol–water partition coefficient (Wildman–Crippen LogP) is -8.31. The highest BCUT2D eigenvalue weighted by molar-refractivity contribution is 5.99. The molecule has 0 rings (SSSR count). The molecule has 0 aromatic carbocycles. The van der Waals surface area contributed by atoms with Gasteiger partial charge in [0.25, 0.3) is 0 Å². The molecule has 0 fully saturated rings. The van der Waals surface area contributed by atoms with Crippen LogP contribution in [-0.2, 0) is 62.3 Å². The molecule has 0 unspecified atom stereocenters. The van der Waals surface area contributed by atoms with Crippen LogP contribution in [0.1, 0.15) is 92.9 Å². The summed E-state index contributed by atoms with van der Waals surface area (Å²) in [6.07, 6.45) is -3.70. The van der Waals surface area contributed by atoms with E-state index in [1.807, 2.05) is 5.32 Å². The standard InChI is InChI=1S/C45H79N17O17/c1-20(2)13-26(40(76)57-25(10-8-12-52-45(49)50)38(74)55-18-31(65)53-17-30(64)54-19-34(70)71)58-36(72)22(5)56-39(75)28(15-32(66)67)60-41(77)27(14-21(3)4)59-42(78)29(16-33(68)69)61-43(79)35(23(6)63)62-37(73)24(46)9-7-11-51-44(47)48/h20-29,35,63H,7-19,46H2,1-6H3,(H,53,65)(H,54,64)(H,55,74)(H,56,75)(H,57,76)(H,58,72)(H,59,78)(H,60,77)(H,61,79)(H,62,73)(H,66,67)(H,68,69)(H,70,71)(H4,47,48,51)(H4,49,50,52)/t22-,23+,24-,25-,26-,27-,28+,29-,35-/m0/s1. The van der Waals surface area contributed by atoms with E-state index in [2.05, 4.69) is 57.8 Å². The lowest BCUT2D eigenvalue weighted by Gasteiger charge is -2.28. The molecule has 446 valence electrons. The SMILES string of the molecule is CC(C)C[C@H](NC(=O)[C@H](C)NC(=O)[C@@H](CC(=O)O)NC(=O)[C@H](CC(C)C)NC(=O)[C@H](CC(=O)O)NC(=O)[C@@H](NC(=O)[C@@H](N)CCCN=C(N)N)[C@@H](C)O)C(=O)N[C@@H](CCCN=C(N)N)C(=O)NCC(=O)NCC(=O)NCC(=O)O. The molecule has 0 aliphatic heterocycles. The number of rotatable bonds is 38. The molecule has 10 amide bonds. The minimum atomic E-state index is -1.95. The molecule has 0 radical (unpaired) electrons. The Labute approximate surface area is 454 Å². The van der Waals surface area contributed by atoms with Gasteiger partial charge in [0.1, 0.15) is 48.8 Å². The summed E-state index contributed by atoms with van der Waals surface area (Å²) >= 11 is 0. The van der Waals surface area contributed by atoms with Crippen LogP contribution in [0.5, 0.6) is 0 Å². The lowest BCUT2D eigenvalue weighted by Crippen LogP contribution is -2.61. The molecule has 0 spiro atoms. The molecule has 34 nitrogen and oxygen atoms in total. The number of aliphatic imine (C=N–C) groups is 2. The summed E-state index contributed by atoms with van der Waals surface area (Å²) < 4.78 is 0. The van der Waals surface area contributed by atoms with Crippen LogP contribution in [0.2, 0.25) is 0 Å². The Bertz CT molecular complexity index is 2200. The normalized spacial score (nSPS) is 14.3. The second-order valence-electron chi connectivity index (χ2n) is 18.9. The summed E-state index contributed by atoms with van der Waals surface area (Å²) in [6.45, 7) is 7.05. The second kappa shape index (κ2) is 36.6. The number of nitrogens with one attached hydrogen (secondary N) is 10. The van der Waals surface area contributed by atoms with Crippen LogP contribution in [0, 0.1) is 11.8 Å². The van der Waals surface area contributed by atoms with Crippen molar-refractivity contribution in [3.05, 3.63) is 0 Å². The van der Waals surface area contributed by atoms with Crippen molar-refractivity contribution in [1.82, 2.24) is 53.2 Å². The number of carbonyl (C=O) groups excluding carboxylic acids is 10. The van der Waals surface area contributed by atoms with Crippen molar-refractivity contribution < 1.29 is 82.8 Å². The fraction of sp³-hybridized carbons (Fsp3) is 0.667. The number of hydrogen-bond donors (Lipinski definition) is 19. The molecule has 9 atom stereocenters. The summed E-state index contributed by atoms with van der Waals surface area (Å²) in [5.74, 6) is -15.9. The van der Waals surface area contributed by atoms with Crippen LogP contribution in [0.25, 0.3) is 0 Å². The van der Waals surface area contributed by atoms with Gasteiger partial charge in [-0.2, -0.15) is 0 Å². The quantitative estimate of drug-likeness (QED) is 0.0155.